The Labute approximate surface area is 366 Å². The van der Waals surface area contributed by atoms with Crippen molar-refractivity contribution < 1.29 is 0 Å². The summed E-state index contributed by atoms with van der Waals surface area (Å²) >= 11 is 0. The predicted octanol–water partition coefficient (Wildman–Crippen LogP) is 16.5. The van der Waals surface area contributed by atoms with E-state index in [0.717, 1.165) is 23.5 Å². The lowest BCUT2D eigenvalue weighted by Gasteiger charge is -2.40. The first-order chi connectivity index (χ1) is 31.2. The van der Waals surface area contributed by atoms with Crippen LogP contribution >= 0.6 is 0 Å². The average Bonchev–Trinajstić information content (AvgIpc) is 3.82. The lowest BCUT2D eigenvalue weighted by molar-refractivity contribution is 0.622. The minimum atomic E-state index is -0.286. The molecule has 292 valence electrons. The molecule has 0 aromatic heterocycles. The summed E-state index contributed by atoms with van der Waals surface area (Å²) in [7, 11) is 0. The van der Waals surface area contributed by atoms with Gasteiger partial charge in [-0.25, -0.2) is 0 Å². The van der Waals surface area contributed by atoms with Crippen molar-refractivity contribution in [2.24, 2.45) is 0 Å². The van der Waals surface area contributed by atoms with E-state index in [-0.39, 0.29) is 5.41 Å². The first kappa shape index (κ1) is 34.7. The van der Waals surface area contributed by atoms with Crippen LogP contribution in [0.2, 0.25) is 0 Å². The second kappa shape index (κ2) is 13.0. The lowest BCUT2D eigenvalue weighted by atomic mass is 9.63. The third-order valence-electron chi connectivity index (χ3n) is 14.5. The van der Waals surface area contributed by atoms with Crippen LogP contribution in [-0.2, 0) is 11.8 Å². The minimum absolute atomic E-state index is 0.286. The highest BCUT2D eigenvalue weighted by atomic mass is 15.1. The molecule has 1 heteroatoms. The largest absolute Gasteiger partial charge is 0.310 e. The summed E-state index contributed by atoms with van der Waals surface area (Å²) in [5.41, 5.74) is 21.7. The molecule has 1 spiro atoms. The van der Waals surface area contributed by atoms with Crippen molar-refractivity contribution in [3.05, 3.63) is 247 Å². The molecule has 0 bridgehead atoms. The van der Waals surface area contributed by atoms with E-state index in [2.05, 4.69) is 229 Å². The Hall–Kier alpha value is -8.00. The Morgan fingerprint density at radius 3 is 1.56 bits per heavy atom. The quantitative estimate of drug-likeness (QED) is 0.160. The second-order valence-electron chi connectivity index (χ2n) is 17.6. The molecule has 0 N–H and O–H groups in total. The van der Waals surface area contributed by atoms with Crippen molar-refractivity contribution in [1.82, 2.24) is 0 Å². The maximum atomic E-state index is 2.49. The summed E-state index contributed by atoms with van der Waals surface area (Å²) < 4.78 is 0. The fourth-order valence-electron chi connectivity index (χ4n) is 11.8. The van der Waals surface area contributed by atoms with E-state index >= 15 is 0 Å². The van der Waals surface area contributed by atoms with Gasteiger partial charge in [0.25, 0.3) is 0 Å². The van der Waals surface area contributed by atoms with Crippen molar-refractivity contribution in [2.45, 2.75) is 11.8 Å². The first-order valence-corrected chi connectivity index (χ1v) is 22.1. The van der Waals surface area contributed by atoms with E-state index in [1.807, 2.05) is 0 Å². The monoisotopic (exact) mass is 797 g/mol. The van der Waals surface area contributed by atoms with Crippen LogP contribution in [0.1, 0.15) is 22.3 Å². The number of nitrogens with zero attached hydrogens (tertiary/aromatic N) is 1. The number of anilines is 3. The fraction of sp³-hybridized carbons (Fsp3) is 0.0323. The Morgan fingerprint density at radius 1 is 0.302 bits per heavy atom. The standard InChI is InChI=1S/C62H39N/c1-2-14-48-40(11-1)23-24-43-35-42(27-32-49(43)48)39-25-28-45(29-26-39)63(47-31-34-51-55-18-9-12-41-13-10-19-56(61(41)55)57(51)37-47)46-30-33-50-44(36-46)38-62(58-20-6-3-15-52(50)58)59-21-7-4-16-53(59)54-17-5-8-22-60(54)62/h1-37H,38H2. The first-order valence-electron chi connectivity index (χ1n) is 22.1. The van der Waals surface area contributed by atoms with Crippen LogP contribution in [0.5, 0.6) is 0 Å². The van der Waals surface area contributed by atoms with Crippen molar-refractivity contribution in [2.75, 3.05) is 4.90 Å². The average molecular weight is 798 g/mol. The second-order valence-corrected chi connectivity index (χ2v) is 17.6. The lowest BCUT2D eigenvalue weighted by Crippen LogP contribution is -2.33. The van der Waals surface area contributed by atoms with Gasteiger partial charge in [0.1, 0.15) is 0 Å². The number of hydrogen-bond acceptors (Lipinski definition) is 1. The van der Waals surface area contributed by atoms with Gasteiger partial charge in [0.15, 0.2) is 0 Å². The van der Waals surface area contributed by atoms with E-state index in [9.17, 15) is 0 Å². The van der Waals surface area contributed by atoms with Crippen LogP contribution in [0.4, 0.5) is 17.1 Å². The number of hydrogen-bond donors (Lipinski definition) is 0. The van der Waals surface area contributed by atoms with Gasteiger partial charge in [0.05, 0.1) is 5.41 Å². The Kier molecular flexibility index (Phi) is 7.16. The molecule has 11 aromatic carbocycles. The summed E-state index contributed by atoms with van der Waals surface area (Å²) in [4.78, 5) is 2.48. The SMILES string of the molecule is c1ccc2c(c1)-c1ccc(N(c3ccc(-c4ccc5c(ccc6ccccc65)c4)cc3)c3ccc4c(c3)-c3cccc5cccc-4c35)cc1CC21c2ccccc2-c2ccccc21. The van der Waals surface area contributed by atoms with Gasteiger partial charge in [0.2, 0.25) is 0 Å². The molecule has 63 heavy (non-hydrogen) atoms. The van der Waals surface area contributed by atoms with Gasteiger partial charge < -0.3 is 4.90 Å². The van der Waals surface area contributed by atoms with Crippen LogP contribution in [0, 0.1) is 0 Å². The molecule has 0 unspecified atom stereocenters. The van der Waals surface area contributed by atoms with Gasteiger partial charge in [-0.05, 0) is 159 Å². The maximum Gasteiger partial charge on any atom is 0.0510 e. The van der Waals surface area contributed by atoms with Crippen LogP contribution in [0.3, 0.4) is 0 Å². The topological polar surface area (TPSA) is 3.24 Å². The third-order valence-corrected chi connectivity index (χ3v) is 14.5. The summed E-state index contributed by atoms with van der Waals surface area (Å²) in [6.45, 7) is 0. The Balaban J connectivity index is 0.939. The van der Waals surface area contributed by atoms with Crippen molar-refractivity contribution in [3.63, 3.8) is 0 Å². The Bertz CT molecular complexity index is 3670. The van der Waals surface area contributed by atoms with Gasteiger partial charge in [-0.2, -0.15) is 0 Å². The molecule has 0 fully saturated rings. The fourth-order valence-corrected chi connectivity index (χ4v) is 11.8. The van der Waals surface area contributed by atoms with E-state index in [4.69, 9.17) is 0 Å². The van der Waals surface area contributed by atoms with Crippen LogP contribution in [0.25, 0.3) is 88.0 Å². The molecular weight excluding hydrogens is 759 g/mol. The highest BCUT2D eigenvalue weighted by molar-refractivity contribution is 6.16. The summed E-state index contributed by atoms with van der Waals surface area (Å²) in [5, 5.41) is 7.75. The number of benzene rings is 11. The highest BCUT2D eigenvalue weighted by Gasteiger charge is 2.48. The van der Waals surface area contributed by atoms with Gasteiger partial charge in [-0.1, -0.05) is 182 Å². The molecule has 0 atom stereocenters. The summed E-state index contributed by atoms with van der Waals surface area (Å²) in [6, 6.07) is 84.3. The minimum Gasteiger partial charge on any atom is -0.310 e. The summed E-state index contributed by atoms with van der Waals surface area (Å²) in [5.74, 6) is 0. The molecule has 0 saturated carbocycles. The molecule has 0 amide bonds. The normalized spacial score (nSPS) is 13.5. The van der Waals surface area contributed by atoms with Crippen LogP contribution in [0.15, 0.2) is 224 Å². The van der Waals surface area contributed by atoms with Gasteiger partial charge >= 0.3 is 0 Å². The molecule has 3 aliphatic carbocycles. The smallest absolute Gasteiger partial charge is 0.0510 e. The van der Waals surface area contributed by atoms with E-state index < -0.39 is 0 Å². The zero-order chi connectivity index (χ0) is 41.2. The van der Waals surface area contributed by atoms with Crippen molar-refractivity contribution in [1.29, 1.82) is 0 Å². The maximum absolute atomic E-state index is 2.49. The highest BCUT2D eigenvalue weighted by Crippen LogP contribution is 2.59. The van der Waals surface area contributed by atoms with Crippen LogP contribution in [-0.4, -0.2) is 0 Å². The summed E-state index contributed by atoms with van der Waals surface area (Å²) in [6.07, 6.45) is 0.882. The number of fused-ring (bicyclic) bond motifs is 15. The van der Waals surface area contributed by atoms with E-state index in [1.165, 1.54) is 110 Å². The van der Waals surface area contributed by atoms with Crippen molar-refractivity contribution >= 4 is 49.4 Å². The molecule has 11 aromatic rings. The van der Waals surface area contributed by atoms with Crippen molar-refractivity contribution in [3.8, 4) is 55.6 Å². The predicted molar refractivity (Wildman–Crippen MR) is 264 cm³/mol. The molecule has 0 aliphatic heterocycles. The third kappa shape index (κ3) is 4.88. The van der Waals surface area contributed by atoms with E-state index in [1.54, 1.807) is 0 Å². The molecular formula is C62H39N. The molecule has 0 heterocycles. The molecule has 0 saturated heterocycles. The zero-order valence-electron chi connectivity index (χ0n) is 34.5. The molecule has 14 rings (SSSR count). The van der Waals surface area contributed by atoms with Crippen LogP contribution < -0.4 is 4.90 Å². The van der Waals surface area contributed by atoms with Gasteiger partial charge in [0, 0.05) is 17.1 Å². The molecule has 0 radical (unpaired) electrons. The Morgan fingerprint density at radius 2 is 0.825 bits per heavy atom. The van der Waals surface area contributed by atoms with Gasteiger partial charge in [-0.3, -0.25) is 0 Å². The van der Waals surface area contributed by atoms with Gasteiger partial charge in [-0.15, -0.1) is 0 Å². The molecule has 3 aliphatic rings. The molecule has 1 nitrogen and oxygen atoms in total. The number of rotatable bonds is 4. The zero-order valence-corrected chi connectivity index (χ0v) is 34.5. The van der Waals surface area contributed by atoms with E-state index in [0.29, 0.717) is 0 Å².